The maximum Gasteiger partial charge on any atom is 0.137 e. The molecule has 4 nitrogen and oxygen atoms in total. The molecule has 0 aliphatic heterocycles. The fourth-order valence-corrected chi connectivity index (χ4v) is 3.54. The minimum atomic E-state index is 0.161. The van der Waals surface area contributed by atoms with Gasteiger partial charge in [-0.05, 0) is 54.6 Å². The lowest BCUT2D eigenvalue weighted by Crippen LogP contribution is -2.36. The Morgan fingerprint density at radius 3 is 2.43 bits per heavy atom. The standard InChI is InChI=1S/C17H29N3O/c1-17(2,3)14-7-5-12(6-8-14)16(20-18)13-9-15(21-4)11-19-10-13/h9-12,14,16,20H,5-8,18H2,1-4H3. The van der Waals surface area contributed by atoms with Gasteiger partial charge in [0.2, 0.25) is 0 Å². The van der Waals surface area contributed by atoms with E-state index in [2.05, 4.69) is 31.2 Å². The van der Waals surface area contributed by atoms with Gasteiger partial charge in [-0.25, -0.2) is 0 Å². The lowest BCUT2D eigenvalue weighted by atomic mass is 9.68. The number of hydrogen-bond acceptors (Lipinski definition) is 4. The molecule has 0 radical (unpaired) electrons. The zero-order valence-electron chi connectivity index (χ0n) is 13.7. The normalized spacial score (nSPS) is 24.6. The van der Waals surface area contributed by atoms with Crippen LogP contribution in [0.2, 0.25) is 0 Å². The summed E-state index contributed by atoms with van der Waals surface area (Å²) >= 11 is 0. The molecule has 118 valence electrons. The summed E-state index contributed by atoms with van der Waals surface area (Å²) in [5.41, 5.74) is 4.53. The number of hydrogen-bond donors (Lipinski definition) is 2. The Labute approximate surface area is 128 Å². The van der Waals surface area contributed by atoms with E-state index in [-0.39, 0.29) is 6.04 Å². The molecular weight excluding hydrogens is 262 g/mol. The van der Waals surface area contributed by atoms with Crippen LogP contribution in [0.5, 0.6) is 5.75 Å². The van der Waals surface area contributed by atoms with Crippen LogP contribution in [0.1, 0.15) is 58.1 Å². The van der Waals surface area contributed by atoms with Gasteiger partial charge >= 0.3 is 0 Å². The average molecular weight is 291 g/mol. The minimum absolute atomic E-state index is 0.161. The van der Waals surface area contributed by atoms with Crippen molar-refractivity contribution in [1.29, 1.82) is 0 Å². The predicted molar refractivity (Wildman–Crippen MR) is 85.8 cm³/mol. The van der Waals surface area contributed by atoms with Crippen LogP contribution < -0.4 is 16.0 Å². The van der Waals surface area contributed by atoms with E-state index in [4.69, 9.17) is 10.6 Å². The summed E-state index contributed by atoms with van der Waals surface area (Å²) in [6.45, 7) is 7.05. The number of aromatic nitrogens is 1. The van der Waals surface area contributed by atoms with Crippen LogP contribution in [0, 0.1) is 17.3 Å². The van der Waals surface area contributed by atoms with E-state index in [1.807, 2.05) is 12.3 Å². The highest BCUT2D eigenvalue weighted by Crippen LogP contribution is 2.43. The van der Waals surface area contributed by atoms with Gasteiger partial charge in [-0.2, -0.15) is 0 Å². The molecule has 0 bridgehead atoms. The highest BCUT2D eigenvalue weighted by Gasteiger charge is 2.33. The number of ether oxygens (including phenoxy) is 1. The molecule has 2 rings (SSSR count). The van der Waals surface area contributed by atoms with Crippen LogP contribution in [-0.4, -0.2) is 12.1 Å². The van der Waals surface area contributed by atoms with Gasteiger partial charge in [-0.15, -0.1) is 0 Å². The minimum Gasteiger partial charge on any atom is -0.495 e. The van der Waals surface area contributed by atoms with E-state index in [9.17, 15) is 0 Å². The predicted octanol–water partition coefficient (Wildman–Crippen LogP) is 3.45. The van der Waals surface area contributed by atoms with E-state index in [1.165, 1.54) is 25.7 Å². The third-order valence-corrected chi connectivity index (χ3v) is 4.98. The van der Waals surface area contributed by atoms with Crippen LogP contribution in [0.4, 0.5) is 0 Å². The van der Waals surface area contributed by atoms with Crippen molar-refractivity contribution in [3.8, 4) is 5.75 Å². The summed E-state index contributed by atoms with van der Waals surface area (Å²) in [6, 6.07) is 2.20. The molecule has 0 amide bonds. The molecule has 1 aromatic rings. The summed E-state index contributed by atoms with van der Waals surface area (Å²) in [6.07, 6.45) is 8.62. The molecule has 1 aliphatic rings. The first kappa shape index (κ1) is 16.2. The first-order chi connectivity index (χ1) is 9.95. The van der Waals surface area contributed by atoms with Gasteiger partial charge in [0.1, 0.15) is 5.75 Å². The molecule has 1 fully saturated rings. The molecule has 1 unspecified atom stereocenters. The van der Waals surface area contributed by atoms with E-state index >= 15 is 0 Å². The molecule has 0 aromatic carbocycles. The Morgan fingerprint density at radius 2 is 1.90 bits per heavy atom. The van der Waals surface area contributed by atoms with Crippen LogP contribution in [-0.2, 0) is 0 Å². The highest BCUT2D eigenvalue weighted by atomic mass is 16.5. The SMILES string of the molecule is COc1cncc(C(NN)C2CCC(C(C)(C)C)CC2)c1. The third-order valence-electron chi connectivity index (χ3n) is 4.98. The fourth-order valence-electron chi connectivity index (χ4n) is 3.54. The van der Waals surface area contributed by atoms with Crippen LogP contribution in [0.15, 0.2) is 18.5 Å². The van der Waals surface area contributed by atoms with Gasteiger partial charge in [-0.3, -0.25) is 16.3 Å². The molecule has 1 heterocycles. The van der Waals surface area contributed by atoms with Crippen molar-refractivity contribution in [2.24, 2.45) is 23.1 Å². The molecular formula is C17H29N3O. The van der Waals surface area contributed by atoms with Crippen molar-refractivity contribution >= 4 is 0 Å². The summed E-state index contributed by atoms with van der Waals surface area (Å²) in [5.74, 6) is 8.00. The molecule has 1 aliphatic carbocycles. The molecule has 21 heavy (non-hydrogen) atoms. The van der Waals surface area contributed by atoms with Gasteiger partial charge in [0, 0.05) is 6.20 Å². The monoisotopic (exact) mass is 291 g/mol. The Balaban J connectivity index is 2.06. The zero-order chi connectivity index (χ0) is 15.5. The van der Waals surface area contributed by atoms with Gasteiger partial charge in [0.15, 0.2) is 0 Å². The lowest BCUT2D eigenvalue weighted by Gasteiger charge is -2.39. The smallest absolute Gasteiger partial charge is 0.137 e. The van der Waals surface area contributed by atoms with Crippen LogP contribution >= 0.6 is 0 Å². The lowest BCUT2D eigenvalue weighted by molar-refractivity contribution is 0.132. The van der Waals surface area contributed by atoms with Crippen molar-refractivity contribution in [1.82, 2.24) is 10.4 Å². The first-order valence-electron chi connectivity index (χ1n) is 7.90. The van der Waals surface area contributed by atoms with Gasteiger partial charge < -0.3 is 4.74 Å². The van der Waals surface area contributed by atoms with Crippen molar-refractivity contribution in [3.63, 3.8) is 0 Å². The van der Waals surface area contributed by atoms with Crippen molar-refractivity contribution in [2.45, 2.75) is 52.5 Å². The second-order valence-corrected chi connectivity index (χ2v) is 7.28. The van der Waals surface area contributed by atoms with Crippen molar-refractivity contribution in [3.05, 3.63) is 24.0 Å². The second-order valence-electron chi connectivity index (χ2n) is 7.28. The zero-order valence-corrected chi connectivity index (χ0v) is 13.7. The Kier molecular flexibility index (Phi) is 5.22. The highest BCUT2D eigenvalue weighted by molar-refractivity contribution is 5.26. The van der Waals surface area contributed by atoms with Crippen molar-refractivity contribution < 1.29 is 4.74 Å². The number of pyridine rings is 1. The molecule has 1 saturated carbocycles. The summed E-state index contributed by atoms with van der Waals surface area (Å²) in [4.78, 5) is 4.25. The van der Waals surface area contributed by atoms with Gasteiger partial charge in [0.25, 0.3) is 0 Å². The maximum atomic E-state index is 5.83. The largest absolute Gasteiger partial charge is 0.495 e. The number of rotatable bonds is 4. The quantitative estimate of drug-likeness (QED) is 0.659. The molecule has 3 N–H and O–H groups in total. The molecule has 0 saturated heterocycles. The first-order valence-corrected chi connectivity index (χ1v) is 7.90. The van der Waals surface area contributed by atoms with Gasteiger partial charge in [-0.1, -0.05) is 20.8 Å². The average Bonchev–Trinajstić information content (AvgIpc) is 2.48. The van der Waals surface area contributed by atoms with E-state index in [1.54, 1.807) is 13.3 Å². The molecule has 1 atom stereocenters. The fraction of sp³-hybridized carbons (Fsp3) is 0.706. The maximum absolute atomic E-state index is 5.83. The van der Waals surface area contributed by atoms with Crippen molar-refractivity contribution in [2.75, 3.05) is 7.11 Å². The van der Waals surface area contributed by atoms with Crippen LogP contribution in [0.3, 0.4) is 0 Å². The molecule has 0 spiro atoms. The topological polar surface area (TPSA) is 60.2 Å². The molecule has 4 heteroatoms. The third kappa shape index (κ3) is 3.95. The van der Waals surface area contributed by atoms with E-state index < -0.39 is 0 Å². The summed E-state index contributed by atoms with van der Waals surface area (Å²) < 4.78 is 5.27. The number of hydrazine groups is 1. The Bertz CT molecular complexity index is 448. The Morgan fingerprint density at radius 1 is 1.24 bits per heavy atom. The number of nitrogens with two attached hydrogens (primary N) is 1. The molecule has 1 aromatic heterocycles. The summed E-state index contributed by atoms with van der Waals surface area (Å²) in [5, 5.41) is 0. The number of methoxy groups -OCH3 is 1. The van der Waals surface area contributed by atoms with Crippen LogP contribution in [0.25, 0.3) is 0 Å². The van der Waals surface area contributed by atoms with E-state index in [0.29, 0.717) is 11.3 Å². The summed E-state index contributed by atoms with van der Waals surface area (Å²) in [7, 11) is 1.67. The number of nitrogens with one attached hydrogen (secondary N) is 1. The van der Waals surface area contributed by atoms with Gasteiger partial charge in [0.05, 0.1) is 19.3 Å². The Hall–Kier alpha value is -1.13. The second kappa shape index (κ2) is 6.75. The number of nitrogens with zero attached hydrogens (tertiary/aromatic N) is 1. The van der Waals surface area contributed by atoms with E-state index in [0.717, 1.165) is 17.2 Å².